The summed E-state index contributed by atoms with van der Waals surface area (Å²) in [5.41, 5.74) is 1.13. The largest absolute Gasteiger partial charge is 0.492 e. The summed E-state index contributed by atoms with van der Waals surface area (Å²) in [7, 11) is 3.04. The van der Waals surface area contributed by atoms with Crippen LogP contribution >= 0.6 is 15.9 Å². The van der Waals surface area contributed by atoms with E-state index in [2.05, 4.69) is 26.1 Å². The van der Waals surface area contributed by atoms with Crippen LogP contribution in [0.5, 0.6) is 11.5 Å². The molecule has 0 saturated carbocycles. The quantitative estimate of drug-likeness (QED) is 0.901. The van der Waals surface area contributed by atoms with Gasteiger partial charge in [-0.3, -0.25) is 5.10 Å². The minimum Gasteiger partial charge on any atom is -0.492 e. The number of aromatic amines is 1. The number of carboxylic acids is 1. The van der Waals surface area contributed by atoms with Crippen LogP contribution in [0.2, 0.25) is 0 Å². The number of ether oxygens (including phenoxy) is 2. The van der Waals surface area contributed by atoms with Crippen molar-refractivity contribution < 1.29 is 19.4 Å². The number of aromatic carboxylic acids is 1. The Morgan fingerprint density at radius 1 is 1.32 bits per heavy atom. The maximum absolute atomic E-state index is 10.8. The summed E-state index contributed by atoms with van der Waals surface area (Å²) in [5, 5.41) is 15.3. The summed E-state index contributed by atoms with van der Waals surface area (Å²) in [6, 6.07) is 4.99. The van der Waals surface area contributed by atoms with Crippen LogP contribution in [0.25, 0.3) is 11.3 Å². The lowest BCUT2D eigenvalue weighted by atomic mass is 10.1. The second-order valence-corrected chi connectivity index (χ2v) is 4.49. The van der Waals surface area contributed by atoms with E-state index in [1.807, 2.05) is 0 Å². The molecular weight excluding hydrogens is 316 g/mol. The molecule has 2 aromatic rings. The standard InChI is InChI=1S/C12H11BrN2O4/c1-18-10-6(3-4-7(13)11(10)19-2)8-5-9(12(16)17)15-14-8/h3-5H,1-2H3,(H,14,15)(H,16,17). The van der Waals surface area contributed by atoms with Gasteiger partial charge in [0.05, 0.1) is 24.4 Å². The Hall–Kier alpha value is -2.02. The fourth-order valence-corrected chi connectivity index (χ4v) is 2.18. The van der Waals surface area contributed by atoms with Gasteiger partial charge in [0.1, 0.15) is 5.69 Å². The topological polar surface area (TPSA) is 84.4 Å². The Morgan fingerprint density at radius 3 is 2.53 bits per heavy atom. The number of methoxy groups -OCH3 is 2. The third-order valence-corrected chi connectivity index (χ3v) is 3.18. The molecule has 1 heterocycles. The Kier molecular flexibility index (Phi) is 3.75. The second kappa shape index (κ2) is 5.31. The van der Waals surface area contributed by atoms with Crippen LogP contribution < -0.4 is 9.47 Å². The number of hydrogen-bond donors (Lipinski definition) is 2. The van der Waals surface area contributed by atoms with Crippen molar-refractivity contribution >= 4 is 21.9 Å². The van der Waals surface area contributed by atoms with Gasteiger partial charge in [0.15, 0.2) is 11.5 Å². The number of nitrogens with zero attached hydrogens (tertiary/aromatic N) is 1. The number of benzene rings is 1. The summed E-state index contributed by atoms with van der Waals surface area (Å²) in [4.78, 5) is 10.8. The molecule has 0 atom stereocenters. The van der Waals surface area contributed by atoms with Crippen LogP contribution in [0.3, 0.4) is 0 Å². The minimum atomic E-state index is -1.07. The van der Waals surface area contributed by atoms with Crippen molar-refractivity contribution in [2.75, 3.05) is 14.2 Å². The Morgan fingerprint density at radius 2 is 2.00 bits per heavy atom. The molecule has 0 aliphatic carbocycles. The molecule has 19 heavy (non-hydrogen) atoms. The van der Waals surface area contributed by atoms with Crippen molar-refractivity contribution in [2.45, 2.75) is 0 Å². The molecule has 0 spiro atoms. The SMILES string of the molecule is COc1c(Br)ccc(-c2cc(C(=O)O)[nH]n2)c1OC. The van der Waals surface area contributed by atoms with Crippen molar-refractivity contribution in [2.24, 2.45) is 0 Å². The zero-order valence-electron chi connectivity index (χ0n) is 10.2. The molecule has 0 bridgehead atoms. The van der Waals surface area contributed by atoms with Gasteiger partial charge in [-0.2, -0.15) is 5.10 Å². The molecule has 1 aromatic carbocycles. The summed E-state index contributed by atoms with van der Waals surface area (Å²) in [6.45, 7) is 0. The smallest absolute Gasteiger partial charge is 0.353 e. The molecule has 0 amide bonds. The summed E-state index contributed by atoms with van der Waals surface area (Å²) >= 11 is 3.36. The van der Waals surface area contributed by atoms with E-state index in [0.717, 1.165) is 4.47 Å². The molecule has 1 aromatic heterocycles. The predicted molar refractivity (Wildman–Crippen MR) is 71.8 cm³/mol. The van der Waals surface area contributed by atoms with Crippen LogP contribution in [0.4, 0.5) is 0 Å². The highest BCUT2D eigenvalue weighted by atomic mass is 79.9. The molecule has 0 saturated heterocycles. The first-order valence-corrected chi connectivity index (χ1v) is 6.07. The highest BCUT2D eigenvalue weighted by Gasteiger charge is 2.18. The van der Waals surface area contributed by atoms with E-state index in [9.17, 15) is 4.79 Å². The average Bonchev–Trinajstić information content (AvgIpc) is 2.87. The monoisotopic (exact) mass is 326 g/mol. The van der Waals surface area contributed by atoms with Gasteiger partial charge >= 0.3 is 5.97 Å². The second-order valence-electron chi connectivity index (χ2n) is 3.63. The number of halogens is 1. The predicted octanol–water partition coefficient (Wildman–Crippen LogP) is 2.55. The van der Waals surface area contributed by atoms with Gasteiger partial charge in [0.25, 0.3) is 0 Å². The van der Waals surface area contributed by atoms with E-state index in [1.165, 1.54) is 20.3 Å². The van der Waals surface area contributed by atoms with Crippen LogP contribution in [-0.2, 0) is 0 Å². The van der Waals surface area contributed by atoms with Gasteiger partial charge in [0, 0.05) is 5.56 Å². The number of nitrogens with one attached hydrogen (secondary N) is 1. The number of carbonyl (C=O) groups is 1. The third-order valence-electron chi connectivity index (χ3n) is 2.56. The number of H-pyrrole nitrogens is 1. The molecule has 0 radical (unpaired) electrons. The molecule has 0 fully saturated rings. The van der Waals surface area contributed by atoms with E-state index < -0.39 is 5.97 Å². The van der Waals surface area contributed by atoms with Crippen molar-refractivity contribution in [1.82, 2.24) is 10.2 Å². The normalized spacial score (nSPS) is 10.3. The Balaban J connectivity index is 2.58. The fraction of sp³-hybridized carbons (Fsp3) is 0.167. The summed E-state index contributed by atoms with van der Waals surface area (Å²) in [6.07, 6.45) is 0. The van der Waals surface area contributed by atoms with Gasteiger partial charge in [0.2, 0.25) is 0 Å². The lowest BCUT2D eigenvalue weighted by Gasteiger charge is -2.12. The van der Waals surface area contributed by atoms with Crippen LogP contribution in [-0.4, -0.2) is 35.5 Å². The number of aromatic nitrogens is 2. The van der Waals surface area contributed by atoms with Gasteiger partial charge in [-0.15, -0.1) is 0 Å². The molecule has 6 nitrogen and oxygen atoms in total. The molecule has 0 aliphatic rings. The van der Waals surface area contributed by atoms with Crippen molar-refractivity contribution in [3.05, 3.63) is 28.4 Å². The van der Waals surface area contributed by atoms with Gasteiger partial charge in [-0.25, -0.2) is 4.79 Å². The lowest BCUT2D eigenvalue weighted by molar-refractivity contribution is 0.0690. The maximum Gasteiger partial charge on any atom is 0.353 e. The van der Waals surface area contributed by atoms with Crippen LogP contribution in [0, 0.1) is 0 Å². The van der Waals surface area contributed by atoms with Crippen LogP contribution in [0.15, 0.2) is 22.7 Å². The number of hydrogen-bond acceptors (Lipinski definition) is 4. The first kappa shape index (κ1) is 13.4. The fourth-order valence-electron chi connectivity index (χ4n) is 1.70. The van der Waals surface area contributed by atoms with Gasteiger partial charge in [-0.1, -0.05) is 0 Å². The van der Waals surface area contributed by atoms with E-state index in [1.54, 1.807) is 12.1 Å². The summed E-state index contributed by atoms with van der Waals surface area (Å²) in [5.74, 6) is -0.0537. The zero-order chi connectivity index (χ0) is 14.0. The van der Waals surface area contributed by atoms with Gasteiger partial charge in [-0.05, 0) is 34.1 Å². The van der Waals surface area contributed by atoms with Crippen molar-refractivity contribution in [1.29, 1.82) is 0 Å². The summed E-state index contributed by atoms with van der Waals surface area (Å²) < 4.78 is 11.3. The zero-order valence-corrected chi connectivity index (χ0v) is 11.8. The highest BCUT2D eigenvalue weighted by Crippen LogP contribution is 2.42. The van der Waals surface area contributed by atoms with E-state index in [0.29, 0.717) is 22.8 Å². The van der Waals surface area contributed by atoms with Crippen molar-refractivity contribution in [3.8, 4) is 22.8 Å². The average molecular weight is 327 g/mol. The first-order chi connectivity index (χ1) is 9.08. The molecule has 7 heteroatoms. The molecule has 0 aliphatic heterocycles. The third kappa shape index (κ3) is 2.41. The highest BCUT2D eigenvalue weighted by molar-refractivity contribution is 9.10. The van der Waals surface area contributed by atoms with Crippen molar-refractivity contribution in [3.63, 3.8) is 0 Å². The van der Waals surface area contributed by atoms with Crippen LogP contribution in [0.1, 0.15) is 10.5 Å². The van der Waals surface area contributed by atoms with Gasteiger partial charge < -0.3 is 14.6 Å². The molecule has 2 N–H and O–H groups in total. The Bertz CT molecular complexity index is 624. The minimum absolute atomic E-state index is 0.0129. The van der Waals surface area contributed by atoms with E-state index in [-0.39, 0.29) is 5.69 Å². The molecular formula is C12H11BrN2O4. The Labute approximate surface area is 117 Å². The molecule has 2 rings (SSSR count). The maximum atomic E-state index is 10.8. The van der Waals surface area contributed by atoms with E-state index in [4.69, 9.17) is 14.6 Å². The number of carboxylic acid groups (broad SMARTS) is 1. The molecule has 0 unspecified atom stereocenters. The number of rotatable bonds is 4. The molecule has 100 valence electrons. The lowest BCUT2D eigenvalue weighted by Crippen LogP contribution is -1.95. The first-order valence-electron chi connectivity index (χ1n) is 5.28. The van der Waals surface area contributed by atoms with E-state index >= 15 is 0 Å².